The molecular weight excluding hydrogens is 326 g/mol. The number of unbranched alkanes of at least 4 members (excludes halogenated alkanes) is 1. The Morgan fingerprint density at radius 1 is 1.15 bits per heavy atom. The molecule has 1 aliphatic rings. The molecule has 0 atom stereocenters. The van der Waals surface area contributed by atoms with Crippen molar-refractivity contribution in [3.8, 4) is 0 Å². The SMILES string of the molecule is CCCCn1c2c(cc(NC(=O)NCc3ccccc3)c1=O)CCCC2. The quantitative estimate of drug-likeness (QED) is 0.828. The lowest BCUT2D eigenvalue weighted by Gasteiger charge is -2.22. The summed E-state index contributed by atoms with van der Waals surface area (Å²) in [7, 11) is 0. The topological polar surface area (TPSA) is 63.1 Å². The Hall–Kier alpha value is -2.56. The van der Waals surface area contributed by atoms with Crippen LogP contribution in [0.25, 0.3) is 0 Å². The first-order valence-corrected chi connectivity index (χ1v) is 9.53. The summed E-state index contributed by atoms with van der Waals surface area (Å²) in [4.78, 5) is 25.1. The zero-order valence-electron chi connectivity index (χ0n) is 15.4. The summed E-state index contributed by atoms with van der Waals surface area (Å²) < 4.78 is 1.88. The number of anilines is 1. The van der Waals surface area contributed by atoms with Crippen LogP contribution in [0.2, 0.25) is 0 Å². The van der Waals surface area contributed by atoms with Crippen molar-refractivity contribution in [1.82, 2.24) is 9.88 Å². The molecule has 0 aliphatic heterocycles. The van der Waals surface area contributed by atoms with Crippen molar-refractivity contribution in [2.24, 2.45) is 0 Å². The van der Waals surface area contributed by atoms with E-state index in [9.17, 15) is 9.59 Å². The van der Waals surface area contributed by atoms with Crippen LogP contribution >= 0.6 is 0 Å². The van der Waals surface area contributed by atoms with Crippen molar-refractivity contribution in [1.29, 1.82) is 0 Å². The molecule has 0 saturated heterocycles. The third-order valence-corrected chi connectivity index (χ3v) is 4.88. The fraction of sp³-hybridized carbons (Fsp3) is 0.429. The van der Waals surface area contributed by atoms with E-state index in [2.05, 4.69) is 17.6 Å². The Labute approximate surface area is 154 Å². The Kier molecular flexibility index (Phi) is 6.10. The Morgan fingerprint density at radius 3 is 2.69 bits per heavy atom. The van der Waals surface area contributed by atoms with Crippen molar-refractivity contribution in [2.45, 2.75) is 58.5 Å². The zero-order chi connectivity index (χ0) is 18.4. The van der Waals surface area contributed by atoms with Gasteiger partial charge in [0, 0.05) is 18.8 Å². The van der Waals surface area contributed by atoms with E-state index in [0.717, 1.165) is 56.3 Å². The predicted octanol–water partition coefficient (Wildman–Crippen LogP) is 3.85. The van der Waals surface area contributed by atoms with Gasteiger partial charge < -0.3 is 15.2 Å². The summed E-state index contributed by atoms with van der Waals surface area (Å²) in [5, 5.41) is 5.58. The molecule has 138 valence electrons. The van der Waals surface area contributed by atoms with E-state index in [0.29, 0.717) is 12.2 Å². The third-order valence-electron chi connectivity index (χ3n) is 4.88. The maximum atomic E-state index is 12.9. The molecule has 1 aromatic carbocycles. The van der Waals surface area contributed by atoms with Gasteiger partial charge in [-0.25, -0.2) is 4.79 Å². The molecule has 1 heterocycles. The third kappa shape index (κ3) is 4.34. The first-order chi connectivity index (χ1) is 12.7. The minimum Gasteiger partial charge on any atom is -0.334 e. The van der Waals surface area contributed by atoms with E-state index in [1.165, 1.54) is 5.56 Å². The van der Waals surface area contributed by atoms with Gasteiger partial charge in [-0.3, -0.25) is 4.79 Å². The van der Waals surface area contributed by atoms with Gasteiger partial charge in [0.15, 0.2) is 0 Å². The molecule has 0 unspecified atom stereocenters. The number of aryl methyl sites for hydroxylation is 1. The molecule has 0 saturated carbocycles. The van der Waals surface area contributed by atoms with Crippen LogP contribution in [0.15, 0.2) is 41.2 Å². The Balaban J connectivity index is 1.76. The van der Waals surface area contributed by atoms with Gasteiger partial charge in [-0.2, -0.15) is 0 Å². The van der Waals surface area contributed by atoms with Crippen LogP contribution in [0.1, 0.15) is 49.4 Å². The van der Waals surface area contributed by atoms with Crippen LogP contribution in [0.4, 0.5) is 10.5 Å². The fourth-order valence-electron chi connectivity index (χ4n) is 3.47. The summed E-state index contributed by atoms with van der Waals surface area (Å²) in [6.07, 6.45) is 6.20. The highest BCUT2D eigenvalue weighted by Gasteiger charge is 2.18. The molecule has 2 aromatic rings. The van der Waals surface area contributed by atoms with Crippen molar-refractivity contribution in [3.63, 3.8) is 0 Å². The smallest absolute Gasteiger partial charge is 0.319 e. The number of pyridine rings is 1. The summed E-state index contributed by atoms with van der Waals surface area (Å²) >= 11 is 0. The second-order valence-corrected chi connectivity index (χ2v) is 6.84. The van der Waals surface area contributed by atoms with Gasteiger partial charge in [0.1, 0.15) is 5.69 Å². The molecule has 1 aliphatic carbocycles. The van der Waals surface area contributed by atoms with Gasteiger partial charge in [0.05, 0.1) is 0 Å². The first-order valence-electron chi connectivity index (χ1n) is 9.53. The maximum Gasteiger partial charge on any atom is 0.319 e. The number of hydrogen-bond acceptors (Lipinski definition) is 2. The molecule has 0 radical (unpaired) electrons. The van der Waals surface area contributed by atoms with Gasteiger partial charge >= 0.3 is 6.03 Å². The van der Waals surface area contributed by atoms with E-state index < -0.39 is 0 Å². The van der Waals surface area contributed by atoms with E-state index in [4.69, 9.17) is 0 Å². The number of amides is 2. The van der Waals surface area contributed by atoms with Gasteiger partial charge in [-0.05, 0) is 49.3 Å². The minimum absolute atomic E-state index is 0.0889. The van der Waals surface area contributed by atoms with Gasteiger partial charge in [-0.15, -0.1) is 0 Å². The molecule has 0 fully saturated rings. The van der Waals surface area contributed by atoms with Crippen molar-refractivity contribution < 1.29 is 4.79 Å². The van der Waals surface area contributed by atoms with Crippen molar-refractivity contribution in [2.75, 3.05) is 5.32 Å². The second-order valence-electron chi connectivity index (χ2n) is 6.84. The molecule has 0 spiro atoms. The Morgan fingerprint density at radius 2 is 1.92 bits per heavy atom. The average Bonchev–Trinajstić information content (AvgIpc) is 2.67. The highest BCUT2D eigenvalue weighted by Crippen LogP contribution is 2.22. The molecule has 2 amide bonds. The van der Waals surface area contributed by atoms with E-state index in [1.54, 1.807) is 0 Å². The standard InChI is InChI=1S/C21H27N3O2/c1-2-3-13-24-19-12-8-7-11-17(19)14-18(20(24)25)23-21(26)22-15-16-9-5-4-6-10-16/h4-6,9-10,14H,2-3,7-8,11-13,15H2,1H3,(H2,22,23,26). The number of nitrogens with one attached hydrogen (secondary N) is 2. The molecule has 2 N–H and O–H groups in total. The number of nitrogens with zero attached hydrogens (tertiary/aromatic N) is 1. The predicted molar refractivity (Wildman–Crippen MR) is 105 cm³/mol. The lowest BCUT2D eigenvalue weighted by molar-refractivity contribution is 0.251. The molecule has 0 bridgehead atoms. The van der Waals surface area contributed by atoms with Crippen LogP contribution in [-0.4, -0.2) is 10.6 Å². The van der Waals surface area contributed by atoms with Crippen molar-refractivity contribution >= 4 is 11.7 Å². The first kappa shape index (κ1) is 18.2. The summed E-state index contributed by atoms with van der Waals surface area (Å²) in [6.45, 7) is 3.27. The van der Waals surface area contributed by atoms with E-state index in [1.807, 2.05) is 41.0 Å². The van der Waals surface area contributed by atoms with Gasteiger partial charge in [-0.1, -0.05) is 43.7 Å². The summed E-state index contributed by atoms with van der Waals surface area (Å²) in [6, 6.07) is 11.3. The number of carbonyl (C=O) groups is 1. The van der Waals surface area contributed by atoms with Crippen LogP contribution in [-0.2, 0) is 25.9 Å². The monoisotopic (exact) mass is 353 g/mol. The second kappa shape index (κ2) is 8.70. The van der Waals surface area contributed by atoms with Crippen LogP contribution < -0.4 is 16.2 Å². The largest absolute Gasteiger partial charge is 0.334 e. The number of hydrogen-bond donors (Lipinski definition) is 2. The zero-order valence-corrected chi connectivity index (χ0v) is 15.4. The van der Waals surface area contributed by atoms with Crippen molar-refractivity contribution in [3.05, 3.63) is 63.6 Å². The number of aromatic nitrogens is 1. The minimum atomic E-state index is -0.344. The van der Waals surface area contributed by atoms with E-state index in [-0.39, 0.29) is 11.6 Å². The number of urea groups is 1. The number of rotatable bonds is 6. The molecule has 26 heavy (non-hydrogen) atoms. The van der Waals surface area contributed by atoms with E-state index >= 15 is 0 Å². The summed E-state index contributed by atoms with van der Waals surface area (Å²) in [5.41, 5.74) is 3.67. The van der Waals surface area contributed by atoms with Crippen LogP contribution in [0, 0.1) is 0 Å². The number of benzene rings is 1. The number of carbonyl (C=O) groups excluding carboxylic acids is 1. The van der Waals surface area contributed by atoms with Gasteiger partial charge in [0.25, 0.3) is 5.56 Å². The highest BCUT2D eigenvalue weighted by molar-refractivity contribution is 5.89. The highest BCUT2D eigenvalue weighted by atomic mass is 16.2. The van der Waals surface area contributed by atoms with Crippen LogP contribution in [0.5, 0.6) is 0 Å². The average molecular weight is 353 g/mol. The molecule has 5 nitrogen and oxygen atoms in total. The molecular formula is C21H27N3O2. The number of fused-ring (bicyclic) bond motifs is 1. The molecule has 1 aromatic heterocycles. The fourth-order valence-corrected chi connectivity index (χ4v) is 3.47. The normalized spacial score (nSPS) is 13.1. The lowest BCUT2D eigenvalue weighted by atomic mass is 9.95. The molecule has 5 heteroatoms. The van der Waals surface area contributed by atoms with Crippen LogP contribution in [0.3, 0.4) is 0 Å². The summed E-state index contributed by atoms with van der Waals surface area (Å²) in [5.74, 6) is 0. The lowest BCUT2D eigenvalue weighted by Crippen LogP contribution is -2.34. The van der Waals surface area contributed by atoms with Gasteiger partial charge in [0.2, 0.25) is 0 Å². The Bertz CT molecular complexity index is 812. The molecule has 3 rings (SSSR count). The maximum absolute atomic E-state index is 12.9.